The predicted octanol–water partition coefficient (Wildman–Crippen LogP) is 2.51. The number of nitrogens with two attached hydrogens (primary N) is 1. The van der Waals surface area contributed by atoms with E-state index in [1.54, 1.807) is 12.1 Å². The van der Waals surface area contributed by atoms with E-state index in [2.05, 4.69) is 4.74 Å². The third-order valence-corrected chi connectivity index (χ3v) is 2.60. The maximum Gasteiger partial charge on any atom is 0.404 e. The van der Waals surface area contributed by atoms with Gasteiger partial charge in [0.05, 0.1) is 0 Å². The van der Waals surface area contributed by atoms with E-state index < -0.39 is 18.3 Å². The van der Waals surface area contributed by atoms with Crippen molar-refractivity contribution in [2.75, 3.05) is 0 Å². The van der Waals surface area contributed by atoms with Gasteiger partial charge in [0.25, 0.3) is 0 Å². The Balaban J connectivity index is 2.90. The van der Waals surface area contributed by atoms with E-state index >= 15 is 0 Å². The van der Waals surface area contributed by atoms with Gasteiger partial charge in [0.15, 0.2) is 0 Å². The molecule has 0 aromatic heterocycles. The molecule has 4 nitrogen and oxygen atoms in total. The highest BCUT2D eigenvalue weighted by Gasteiger charge is 2.21. The molecule has 1 rings (SSSR count). The van der Waals surface area contributed by atoms with Crippen LogP contribution >= 0.6 is 23.2 Å². The van der Waals surface area contributed by atoms with E-state index in [0.29, 0.717) is 15.6 Å². The number of amides is 1. The summed E-state index contributed by atoms with van der Waals surface area (Å²) in [4.78, 5) is 10.5. The number of carbonyl (C=O) groups excluding carboxylic acids is 1. The van der Waals surface area contributed by atoms with E-state index in [9.17, 15) is 9.90 Å². The third kappa shape index (κ3) is 3.27. The maximum atomic E-state index is 10.5. The highest BCUT2D eigenvalue weighted by molar-refractivity contribution is 6.33. The number of aliphatic hydroxyl groups excluding tert-OH is 1. The van der Waals surface area contributed by atoms with Gasteiger partial charge in [0.1, 0.15) is 12.2 Å². The van der Waals surface area contributed by atoms with E-state index in [1.165, 1.54) is 13.0 Å². The van der Waals surface area contributed by atoms with Gasteiger partial charge in [-0.05, 0) is 25.1 Å². The van der Waals surface area contributed by atoms with Crippen molar-refractivity contribution in [2.45, 2.75) is 19.1 Å². The Labute approximate surface area is 103 Å². The molecule has 6 heteroatoms. The minimum absolute atomic E-state index is 0.344. The van der Waals surface area contributed by atoms with Crippen LogP contribution in [0.25, 0.3) is 0 Å². The maximum absolute atomic E-state index is 10.5. The first-order valence-electron chi connectivity index (χ1n) is 4.51. The van der Waals surface area contributed by atoms with Crippen LogP contribution in [0.4, 0.5) is 4.79 Å². The fourth-order valence-electron chi connectivity index (χ4n) is 1.24. The molecule has 16 heavy (non-hydrogen) atoms. The van der Waals surface area contributed by atoms with Gasteiger partial charge < -0.3 is 15.6 Å². The first kappa shape index (κ1) is 13.1. The van der Waals surface area contributed by atoms with E-state index in [4.69, 9.17) is 28.9 Å². The summed E-state index contributed by atoms with van der Waals surface area (Å²) in [5.41, 5.74) is 5.24. The average Bonchev–Trinajstić information content (AvgIpc) is 2.19. The standard InChI is InChI=1S/C10H11Cl2NO3/c1-5(16-10(13)15)9(14)7-4-6(11)2-3-8(7)12/h2-5,9,14H,1H3,(H2,13,15)/t5-,9+/m0/s1. The molecule has 88 valence electrons. The Kier molecular flexibility index (Phi) is 4.41. The van der Waals surface area contributed by atoms with Gasteiger partial charge in [0, 0.05) is 15.6 Å². The van der Waals surface area contributed by atoms with E-state index in [1.807, 2.05) is 0 Å². The van der Waals surface area contributed by atoms with Crippen LogP contribution in [0.5, 0.6) is 0 Å². The molecule has 0 saturated carbocycles. The van der Waals surface area contributed by atoms with Crippen molar-refractivity contribution >= 4 is 29.3 Å². The van der Waals surface area contributed by atoms with Crippen LogP contribution in [0.1, 0.15) is 18.6 Å². The zero-order chi connectivity index (χ0) is 12.3. The van der Waals surface area contributed by atoms with Crippen LogP contribution in [0.3, 0.4) is 0 Å². The fraction of sp³-hybridized carbons (Fsp3) is 0.300. The summed E-state index contributed by atoms with van der Waals surface area (Å²) < 4.78 is 4.65. The molecule has 0 heterocycles. The van der Waals surface area contributed by atoms with Crippen LogP contribution in [-0.2, 0) is 4.74 Å². The summed E-state index contributed by atoms with van der Waals surface area (Å²) in [6.45, 7) is 1.51. The van der Waals surface area contributed by atoms with Gasteiger partial charge in [-0.3, -0.25) is 0 Å². The minimum Gasteiger partial charge on any atom is -0.444 e. The smallest absolute Gasteiger partial charge is 0.404 e. The van der Waals surface area contributed by atoms with Crippen molar-refractivity contribution in [3.8, 4) is 0 Å². The van der Waals surface area contributed by atoms with Crippen LogP contribution in [-0.4, -0.2) is 17.3 Å². The van der Waals surface area contributed by atoms with E-state index in [-0.39, 0.29) is 0 Å². The van der Waals surface area contributed by atoms with Crippen molar-refractivity contribution in [3.05, 3.63) is 33.8 Å². The molecule has 0 unspecified atom stereocenters. The second kappa shape index (κ2) is 5.39. The minimum atomic E-state index is -1.07. The van der Waals surface area contributed by atoms with Gasteiger partial charge in [-0.2, -0.15) is 0 Å². The van der Waals surface area contributed by atoms with Crippen LogP contribution in [0, 0.1) is 0 Å². The number of hydrogen-bond acceptors (Lipinski definition) is 3. The monoisotopic (exact) mass is 263 g/mol. The second-order valence-electron chi connectivity index (χ2n) is 3.25. The lowest BCUT2D eigenvalue weighted by Gasteiger charge is -2.19. The fourth-order valence-corrected chi connectivity index (χ4v) is 1.65. The summed E-state index contributed by atoms with van der Waals surface area (Å²) in [5, 5.41) is 10.6. The van der Waals surface area contributed by atoms with Crippen molar-refractivity contribution in [3.63, 3.8) is 0 Å². The van der Waals surface area contributed by atoms with Gasteiger partial charge >= 0.3 is 6.09 Å². The number of aliphatic hydroxyl groups is 1. The molecule has 0 aliphatic heterocycles. The van der Waals surface area contributed by atoms with Crippen LogP contribution in [0.2, 0.25) is 10.0 Å². The number of ether oxygens (including phenoxy) is 1. The first-order valence-corrected chi connectivity index (χ1v) is 5.26. The van der Waals surface area contributed by atoms with Crippen molar-refractivity contribution < 1.29 is 14.6 Å². The number of rotatable bonds is 3. The second-order valence-corrected chi connectivity index (χ2v) is 4.10. The zero-order valence-corrected chi connectivity index (χ0v) is 10.00. The summed E-state index contributed by atoms with van der Waals surface area (Å²) in [7, 11) is 0. The van der Waals surface area contributed by atoms with Crippen LogP contribution in [0.15, 0.2) is 18.2 Å². The molecule has 0 fully saturated rings. The molecule has 0 aliphatic carbocycles. The predicted molar refractivity (Wildman–Crippen MR) is 61.6 cm³/mol. The van der Waals surface area contributed by atoms with Gasteiger partial charge in [-0.25, -0.2) is 4.79 Å². The lowest BCUT2D eigenvalue weighted by molar-refractivity contribution is 0.0158. The summed E-state index contributed by atoms with van der Waals surface area (Å²) >= 11 is 11.7. The molecule has 2 atom stereocenters. The molecule has 1 aromatic carbocycles. The van der Waals surface area contributed by atoms with Gasteiger partial charge in [-0.1, -0.05) is 23.2 Å². The Hall–Kier alpha value is -0.970. The zero-order valence-electron chi connectivity index (χ0n) is 8.48. The highest BCUT2D eigenvalue weighted by Crippen LogP contribution is 2.29. The lowest BCUT2D eigenvalue weighted by atomic mass is 10.1. The number of primary amides is 1. The third-order valence-electron chi connectivity index (χ3n) is 2.02. The Morgan fingerprint density at radius 3 is 2.69 bits per heavy atom. The quantitative estimate of drug-likeness (QED) is 0.880. The normalized spacial score (nSPS) is 14.2. The Morgan fingerprint density at radius 1 is 1.50 bits per heavy atom. The molecular formula is C10H11Cl2NO3. The molecule has 3 N–H and O–H groups in total. The molecular weight excluding hydrogens is 253 g/mol. The number of carbonyl (C=O) groups is 1. The number of benzene rings is 1. The van der Waals surface area contributed by atoms with Crippen LogP contribution < -0.4 is 5.73 Å². The van der Waals surface area contributed by atoms with Crippen molar-refractivity contribution in [1.29, 1.82) is 0 Å². The molecule has 0 aliphatic rings. The summed E-state index contributed by atoms with van der Waals surface area (Å²) in [5.74, 6) is 0. The van der Waals surface area contributed by atoms with E-state index in [0.717, 1.165) is 0 Å². The van der Waals surface area contributed by atoms with Gasteiger partial charge in [0.2, 0.25) is 0 Å². The Bertz CT molecular complexity index is 398. The molecule has 0 radical (unpaired) electrons. The van der Waals surface area contributed by atoms with Crippen molar-refractivity contribution in [2.24, 2.45) is 5.73 Å². The largest absolute Gasteiger partial charge is 0.444 e. The average molecular weight is 264 g/mol. The number of hydrogen-bond donors (Lipinski definition) is 2. The summed E-state index contributed by atoms with van der Waals surface area (Å²) in [6, 6.07) is 4.66. The van der Waals surface area contributed by atoms with Crippen molar-refractivity contribution in [1.82, 2.24) is 0 Å². The molecule has 1 aromatic rings. The molecule has 0 spiro atoms. The molecule has 0 bridgehead atoms. The SMILES string of the molecule is C[C@H](OC(N)=O)[C@@H](O)c1cc(Cl)ccc1Cl. The number of halogens is 2. The Morgan fingerprint density at radius 2 is 2.12 bits per heavy atom. The highest BCUT2D eigenvalue weighted by atomic mass is 35.5. The molecule has 0 saturated heterocycles. The molecule has 1 amide bonds. The topological polar surface area (TPSA) is 72.5 Å². The lowest BCUT2D eigenvalue weighted by Crippen LogP contribution is -2.26. The first-order chi connectivity index (χ1) is 7.41. The van der Waals surface area contributed by atoms with Gasteiger partial charge in [-0.15, -0.1) is 0 Å². The summed E-state index contributed by atoms with van der Waals surface area (Å²) in [6.07, 6.45) is -2.82.